The van der Waals surface area contributed by atoms with Crippen molar-refractivity contribution in [1.82, 2.24) is 9.88 Å². The maximum atomic E-state index is 12.2. The molecule has 1 amide bonds. The van der Waals surface area contributed by atoms with E-state index < -0.39 is 5.92 Å². The molecule has 0 aliphatic carbocycles. The fourth-order valence-electron chi connectivity index (χ4n) is 1.72. The third-order valence-corrected chi connectivity index (χ3v) is 2.84. The molecule has 1 aromatic rings. The number of rotatable bonds is 5. The Morgan fingerprint density at radius 1 is 1.50 bits per heavy atom. The van der Waals surface area contributed by atoms with Gasteiger partial charge < -0.3 is 4.90 Å². The average molecular weight is 245 g/mol. The van der Waals surface area contributed by atoms with E-state index >= 15 is 0 Å². The van der Waals surface area contributed by atoms with Crippen LogP contribution in [0, 0.1) is 23.2 Å². The van der Waals surface area contributed by atoms with Gasteiger partial charge >= 0.3 is 0 Å². The van der Waals surface area contributed by atoms with Crippen molar-refractivity contribution in [1.29, 1.82) is 5.26 Å². The second-order valence-electron chi connectivity index (χ2n) is 4.52. The van der Waals surface area contributed by atoms with Crippen LogP contribution < -0.4 is 0 Å². The lowest BCUT2D eigenvalue weighted by Crippen LogP contribution is -2.37. The van der Waals surface area contributed by atoms with Gasteiger partial charge in [0, 0.05) is 12.7 Å². The number of hydrogen-bond donors (Lipinski definition) is 0. The highest BCUT2D eigenvalue weighted by molar-refractivity contribution is 5.81. The van der Waals surface area contributed by atoms with Crippen LogP contribution in [0.4, 0.5) is 0 Å². The van der Waals surface area contributed by atoms with Gasteiger partial charge in [-0.15, -0.1) is 0 Å². The second-order valence-corrected chi connectivity index (χ2v) is 4.52. The van der Waals surface area contributed by atoms with Crippen molar-refractivity contribution in [3.63, 3.8) is 0 Å². The Bertz CT molecular complexity index is 422. The monoisotopic (exact) mass is 245 g/mol. The summed E-state index contributed by atoms with van der Waals surface area (Å²) < 4.78 is 0. The Labute approximate surface area is 108 Å². The van der Waals surface area contributed by atoms with Gasteiger partial charge in [0.25, 0.3) is 0 Å². The van der Waals surface area contributed by atoms with E-state index in [1.807, 2.05) is 39.0 Å². The Balaban J connectivity index is 2.78. The third-order valence-electron chi connectivity index (χ3n) is 2.84. The number of carbonyl (C=O) groups is 1. The summed E-state index contributed by atoms with van der Waals surface area (Å²) in [7, 11) is 0. The highest BCUT2D eigenvalue weighted by Gasteiger charge is 2.26. The molecule has 0 aromatic carbocycles. The lowest BCUT2D eigenvalue weighted by atomic mass is 9.96. The van der Waals surface area contributed by atoms with Crippen molar-refractivity contribution in [3.8, 4) is 6.07 Å². The molecule has 4 nitrogen and oxygen atoms in total. The lowest BCUT2D eigenvalue weighted by molar-refractivity contribution is -0.135. The van der Waals surface area contributed by atoms with E-state index in [1.54, 1.807) is 11.1 Å². The lowest BCUT2D eigenvalue weighted by Gasteiger charge is -2.24. The number of hydrogen-bond acceptors (Lipinski definition) is 3. The molecule has 1 aromatic heterocycles. The standard InChI is InChI=1S/C14H19N3O/c1-4-17(10-12-7-5-6-8-16-12)14(18)13(9-15)11(2)3/h5-8,11,13H,4,10H2,1-3H3. The van der Waals surface area contributed by atoms with Crippen LogP contribution in [0.1, 0.15) is 26.5 Å². The molecule has 1 heterocycles. The number of aromatic nitrogens is 1. The average Bonchev–Trinajstić information content (AvgIpc) is 2.37. The topological polar surface area (TPSA) is 57.0 Å². The van der Waals surface area contributed by atoms with Crippen LogP contribution in [0.5, 0.6) is 0 Å². The molecule has 18 heavy (non-hydrogen) atoms. The minimum absolute atomic E-state index is 0.0280. The van der Waals surface area contributed by atoms with Crippen molar-refractivity contribution >= 4 is 5.91 Å². The molecule has 1 rings (SSSR count). The maximum absolute atomic E-state index is 12.2. The van der Waals surface area contributed by atoms with Gasteiger partial charge in [0.2, 0.25) is 5.91 Å². The zero-order valence-electron chi connectivity index (χ0n) is 11.1. The Kier molecular flexibility index (Phi) is 5.31. The van der Waals surface area contributed by atoms with Crippen LogP contribution in [0.2, 0.25) is 0 Å². The molecule has 0 saturated heterocycles. The van der Waals surface area contributed by atoms with Crippen molar-refractivity contribution in [2.45, 2.75) is 27.3 Å². The molecule has 4 heteroatoms. The van der Waals surface area contributed by atoms with Gasteiger partial charge in [0.15, 0.2) is 0 Å². The molecule has 0 aliphatic heterocycles. The summed E-state index contributed by atoms with van der Waals surface area (Å²) in [5.74, 6) is -0.658. The molecule has 0 N–H and O–H groups in total. The van der Waals surface area contributed by atoms with Gasteiger partial charge in [-0.05, 0) is 25.0 Å². The van der Waals surface area contributed by atoms with Gasteiger partial charge in [-0.3, -0.25) is 9.78 Å². The van der Waals surface area contributed by atoms with E-state index in [2.05, 4.69) is 11.1 Å². The highest BCUT2D eigenvalue weighted by Crippen LogP contribution is 2.14. The Morgan fingerprint density at radius 3 is 2.67 bits per heavy atom. The van der Waals surface area contributed by atoms with E-state index in [-0.39, 0.29) is 11.8 Å². The number of amides is 1. The fraction of sp³-hybridized carbons (Fsp3) is 0.500. The molecule has 96 valence electrons. The molecule has 0 fully saturated rings. The summed E-state index contributed by atoms with van der Waals surface area (Å²) in [6.07, 6.45) is 1.71. The molecule has 1 unspecified atom stereocenters. The second kappa shape index (κ2) is 6.75. The molecule has 0 radical (unpaired) electrons. The van der Waals surface area contributed by atoms with E-state index in [1.165, 1.54) is 0 Å². The smallest absolute Gasteiger partial charge is 0.240 e. The summed E-state index contributed by atoms with van der Waals surface area (Å²) in [6, 6.07) is 7.71. The zero-order chi connectivity index (χ0) is 13.5. The first-order valence-corrected chi connectivity index (χ1v) is 6.18. The third kappa shape index (κ3) is 3.56. The van der Waals surface area contributed by atoms with E-state index in [0.717, 1.165) is 5.69 Å². The molecule has 0 aliphatic rings. The van der Waals surface area contributed by atoms with Crippen molar-refractivity contribution in [2.75, 3.05) is 6.54 Å². The molecule has 0 bridgehead atoms. The zero-order valence-corrected chi connectivity index (χ0v) is 11.1. The first-order valence-electron chi connectivity index (χ1n) is 6.18. The molecule has 0 spiro atoms. The van der Waals surface area contributed by atoms with Gasteiger partial charge in [-0.25, -0.2) is 0 Å². The number of carbonyl (C=O) groups excluding carboxylic acids is 1. The van der Waals surface area contributed by atoms with Gasteiger partial charge in [0.1, 0.15) is 5.92 Å². The predicted molar refractivity (Wildman–Crippen MR) is 69.3 cm³/mol. The summed E-state index contributed by atoms with van der Waals surface area (Å²) >= 11 is 0. The first-order chi connectivity index (χ1) is 8.60. The molecular formula is C14H19N3O. The van der Waals surface area contributed by atoms with Crippen molar-refractivity contribution in [3.05, 3.63) is 30.1 Å². The summed E-state index contributed by atoms with van der Waals surface area (Å²) in [6.45, 7) is 6.73. The predicted octanol–water partition coefficient (Wildman–Crippen LogP) is 2.23. The van der Waals surface area contributed by atoms with E-state index in [0.29, 0.717) is 13.1 Å². The minimum Gasteiger partial charge on any atom is -0.336 e. The number of pyridine rings is 1. The first kappa shape index (κ1) is 14.2. The van der Waals surface area contributed by atoms with Crippen LogP contribution in [0.3, 0.4) is 0 Å². The largest absolute Gasteiger partial charge is 0.336 e. The van der Waals surface area contributed by atoms with E-state index in [4.69, 9.17) is 5.26 Å². The molecule has 0 saturated carbocycles. The highest BCUT2D eigenvalue weighted by atomic mass is 16.2. The quantitative estimate of drug-likeness (QED) is 0.799. The fourth-order valence-corrected chi connectivity index (χ4v) is 1.72. The minimum atomic E-state index is -0.575. The van der Waals surface area contributed by atoms with Crippen molar-refractivity contribution < 1.29 is 4.79 Å². The Morgan fingerprint density at radius 2 is 2.22 bits per heavy atom. The SMILES string of the molecule is CCN(Cc1ccccn1)C(=O)C(C#N)C(C)C. The number of nitriles is 1. The van der Waals surface area contributed by atoms with Gasteiger partial charge in [0.05, 0.1) is 18.3 Å². The van der Waals surface area contributed by atoms with Crippen LogP contribution >= 0.6 is 0 Å². The van der Waals surface area contributed by atoms with Crippen LogP contribution in [0.15, 0.2) is 24.4 Å². The molecular weight excluding hydrogens is 226 g/mol. The van der Waals surface area contributed by atoms with Gasteiger partial charge in [-0.2, -0.15) is 5.26 Å². The number of nitrogens with zero attached hydrogens (tertiary/aromatic N) is 3. The van der Waals surface area contributed by atoms with Crippen LogP contribution in [-0.4, -0.2) is 22.3 Å². The van der Waals surface area contributed by atoms with E-state index in [9.17, 15) is 4.79 Å². The maximum Gasteiger partial charge on any atom is 0.240 e. The van der Waals surface area contributed by atoms with Gasteiger partial charge in [-0.1, -0.05) is 19.9 Å². The van der Waals surface area contributed by atoms with Crippen molar-refractivity contribution in [2.24, 2.45) is 11.8 Å². The Hall–Kier alpha value is -1.89. The normalized spacial score (nSPS) is 11.9. The summed E-state index contributed by atoms with van der Waals surface area (Å²) in [5.41, 5.74) is 0.841. The summed E-state index contributed by atoms with van der Waals surface area (Å²) in [5, 5.41) is 9.06. The van der Waals surface area contributed by atoms with Crippen LogP contribution in [-0.2, 0) is 11.3 Å². The summed E-state index contributed by atoms with van der Waals surface area (Å²) in [4.78, 5) is 18.1. The molecule has 1 atom stereocenters. The van der Waals surface area contributed by atoms with Crippen LogP contribution in [0.25, 0.3) is 0 Å².